The molecule has 0 atom stereocenters. The number of carbonyl (C=O) groups excluding carboxylic acids is 1. The normalized spacial score (nSPS) is 11.0. The van der Waals surface area contributed by atoms with E-state index in [4.69, 9.17) is 4.42 Å². The summed E-state index contributed by atoms with van der Waals surface area (Å²) < 4.78 is 5.82. The van der Waals surface area contributed by atoms with Gasteiger partial charge in [0, 0.05) is 12.1 Å². The Morgan fingerprint density at radius 3 is 2.32 bits per heavy atom. The van der Waals surface area contributed by atoms with Crippen molar-refractivity contribution in [1.82, 2.24) is 19.9 Å². The number of hydrogen-bond donors (Lipinski definition) is 1. The van der Waals surface area contributed by atoms with Crippen molar-refractivity contribution in [3.8, 4) is 11.5 Å². The minimum atomic E-state index is -0.303. The Kier molecular flexibility index (Phi) is 5.74. The van der Waals surface area contributed by atoms with E-state index in [2.05, 4.69) is 15.0 Å². The van der Waals surface area contributed by atoms with Gasteiger partial charge in [0.15, 0.2) is 5.69 Å². The number of carbonyl (C=O) groups is 1. The topological polar surface area (TPSA) is 92.1 Å². The molecule has 0 aliphatic heterocycles. The average Bonchev–Trinajstić information content (AvgIpc) is 3.26. The number of hydrogen-bond acceptors (Lipinski definition) is 5. The van der Waals surface area contributed by atoms with Crippen molar-refractivity contribution in [2.75, 3.05) is 0 Å². The van der Waals surface area contributed by atoms with Crippen molar-refractivity contribution >= 4 is 16.8 Å². The zero-order chi connectivity index (χ0) is 23.5. The van der Waals surface area contributed by atoms with Crippen molar-refractivity contribution in [2.24, 2.45) is 0 Å². The lowest BCUT2D eigenvalue weighted by molar-refractivity contribution is 0.0718. The van der Waals surface area contributed by atoms with Crippen LogP contribution in [0.5, 0.6) is 0 Å². The van der Waals surface area contributed by atoms with E-state index in [0.29, 0.717) is 34.9 Å². The van der Waals surface area contributed by atoms with Gasteiger partial charge in [-0.3, -0.25) is 9.59 Å². The summed E-state index contributed by atoms with van der Waals surface area (Å²) in [5, 5.41) is 0.507. The molecule has 2 aromatic heterocycles. The first-order valence-electron chi connectivity index (χ1n) is 10.9. The van der Waals surface area contributed by atoms with Crippen molar-refractivity contribution in [3.63, 3.8) is 0 Å². The lowest BCUT2D eigenvalue weighted by Crippen LogP contribution is -2.32. The molecule has 0 bridgehead atoms. The van der Waals surface area contributed by atoms with Crippen molar-refractivity contribution in [2.45, 2.75) is 20.0 Å². The van der Waals surface area contributed by atoms with E-state index in [1.165, 1.54) is 0 Å². The lowest BCUT2D eigenvalue weighted by atomic mass is 10.2. The van der Waals surface area contributed by atoms with E-state index in [1.807, 2.05) is 66.7 Å². The third-order valence-corrected chi connectivity index (χ3v) is 5.53. The van der Waals surface area contributed by atoms with Gasteiger partial charge in [0.1, 0.15) is 11.6 Å². The number of rotatable bonds is 6. The Labute approximate surface area is 195 Å². The van der Waals surface area contributed by atoms with E-state index >= 15 is 0 Å². The molecule has 7 nitrogen and oxygen atoms in total. The quantitative estimate of drug-likeness (QED) is 0.404. The van der Waals surface area contributed by atoms with Gasteiger partial charge in [-0.2, -0.15) is 0 Å². The number of fused-ring (bicyclic) bond motifs is 1. The number of benzene rings is 3. The first-order chi connectivity index (χ1) is 16.6. The molecule has 0 radical (unpaired) electrons. The predicted molar refractivity (Wildman–Crippen MR) is 129 cm³/mol. The molecule has 168 valence electrons. The molecule has 2 heterocycles. The highest BCUT2D eigenvalue weighted by Crippen LogP contribution is 2.23. The standard InChI is InChI=1S/C27H22N4O3/c1-18-24(30-26(34-18)20-12-6-3-7-13-20)27(33)31(16-19-10-4-2-5-11-19)17-23-28-22-15-9-8-14-21(22)25(32)29-23/h2-15H,16-17H2,1H3,(H,28,29,32). The fraction of sp³-hybridized carbons (Fsp3) is 0.111. The van der Waals surface area contributed by atoms with Crippen LogP contribution in [0, 0.1) is 6.92 Å². The van der Waals surface area contributed by atoms with Crippen molar-refractivity contribution in [3.05, 3.63) is 118 Å². The van der Waals surface area contributed by atoms with Crippen molar-refractivity contribution < 1.29 is 9.21 Å². The molecule has 0 unspecified atom stereocenters. The minimum Gasteiger partial charge on any atom is -0.441 e. The highest BCUT2D eigenvalue weighted by molar-refractivity contribution is 5.93. The molecule has 7 heteroatoms. The number of aryl methyl sites for hydroxylation is 1. The van der Waals surface area contributed by atoms with Gasteiger partial charge in [0.25, 0.3) is 11.5 Å². The van der Waals surface area contributed by atoms with Gasteiger partial charge in [0.05, 0.1) is 17.4 Å². The van der Waals surface area contributed by atoms with Crippen LogP contribution in [0.4, 0.5) is 0 Å². The van der Waals surface area contributed by atoms with Crippen LogP contribution in [0.3, 0.4) is 0 Å². The Hall–Kier alpha value is -4.52. The maximum atomic E-state index is 13.7. The number of aromatic amines is 1. The lowest BCUT2D eigenvalue weighted by Gasteiger charge is -2.22. The van der Waals surface area contributed by atoms with E-state index in [-0.39, 0.29) is 23.7 Å². The number of para-hydroxylation sites is 1. The number of aromatic nitrogens is 3. The molecule has 0 aliphatic rings. The molecule has 0 spiro atoms. The molecule has 5 aromatic rings. The predicted octanol–water partition coefficient (Wildman–Crippen LogP) is 4.73. The highest BCUT2D eigenvalue weighted by atomic mass is 16.4. The van der Waals surface area contributed by atoms with Crippen LogP contribution in [-0.4, -0.2) is 25.8 Å². The molecule has 0 saturated carbocycles. The molecule has 34 heavy (non-hydrogen) atoms. The van der Waals surface area contributed by atoms with Crippen LogP contribution in [0.2, 0.25) is 0 Å². The summed E-state index contributed by atoms with van der Waals surface area (Å²) in [4.78, 5) is 39.7. The van der Waals surface area contributed by atoms with Crippen LogP contribution in [0.25, 0.3) is 22.4 Å². The maximum Gasteiger partial charge on any atom is 0.276 e. The zero-order valence-electron chi connectivity index (χ0n) is 18.6. The molecule has 0 fully saturated rings. The summed E-state index contributed by atoms with van der Waals surface area (Å²) in [5.41, 5.74) is 2.31. The first kappa shape index (κ1) is 21.3. The first-order valence-corrected chi connectivity index (χ1v) is 10.9. The van der Waals surface area contributed by atoms with Gasteiger partial charge >= 0.3 is 0 Å². The summed E-state index contributed by atoms with van der Waals surface area (Å²) in [7, 11) is 0. The van der Waals surface area contributed by atoms with E-state index in [0.717, 1.165) is 11.1 Å². The maximum absolute atomic E-state index is 13.7. The molecule has 0 aliphatic carbocycles. The summed E-state index contributed by atoms with van der Waals surface area (Å²) in [6.45, 7) is 2.16. The fourth-order valence-corrected chi connectivity index (χ4v) is 3.84. The Balaban J connectivity index is 1.51. The molecule has 1 N–H and O–H groups in total. The third kappa shape index (κ3) is 4.36. The van der Waals surface area contributed by atoms with Crippen molar-refractivity contribution in [1.29, 1.82) is 0 Å². The Bertz CT molecular complexity index is 1510. The van der Waals surface area contributed by atoms with Crippen LogP contribution in [0.15, 0.2) is 94.1 Å². The minimum absolute atomic E-state index is 0.112. The van der Waals surface area contributed by atoms with Gasteiger partial charge in [-0.05, 0) is 36.8 Å². The van der Waals surface area contributed by atoms with Crippen LogP contribution < -0.4 is 5.56 Å². The highest BCUT2D eigenvalue weighted by Gasteiger charge is 2.25. The van der Waals surface area contributed by atoms with Crippen LogP contribution in [0.1, 0.15) is 27.6 Å². The van der Waals surface area contributed by atoms with Crippen LogP contribution in [-0.2, 0) is 13.1 Å². The average molecular weight is 450 g/mol. The van der Waals surface area contributed by atoms with E-state index < -0.39 is 0 Å². The SMILES string of the molecule is Cc1oc(-c2ccccc2)nc1C(=O)N(Cc1ccccc1)Cc1nc2ccccc2c(=O)[nH]1. The number of H-pyrrole nitrogens is 1. The Morgan fingerprint density at radius 2 is 1.56 bits per heavy atom. The largest absolute Gasteiger partial charge is 0.441 e. The van der Waals surface area contributed by atoms with Gasteiger partial charge < -0.3 is 14.3 Å². The molecular formula is C27H22N4O3. The van der Waals surface area contributed by atoms with Gasteiger partial charge in [-0.15, -0.1) is 0 Å². The molecule has 0 saturated heterocycles. The van der Waals surface area contributed by atoms with Gasteiger partial charge in [-0.25, -0.2) is 9.97 Å². The molecular weight excluding hydrogens is 428 g/mol. The van der Waals surface area contributed by atoms with E-state index in [1.54, 1.807) is 30.0 Å². The number of amides is 1. The zero-order valence-corrected chi connectivity index (χ0v) is 18.6. The summed E-state index contributed by atoms with van der Waals surface area (Å²) in [6.07, 6.45) is 0. The second kappa shape index (κ2) is 9.15. The third-order valence-electron chi connectivity index (χ3n) is 5.53. The number of nitrogens with zero attached hydrogens (tertiary/aromatic N) is 3. The van der Waals surface area contributed by atoms with Gasteiger partial charge in [-0.1, -0.05) is 60.7 Å². The van der Waals surface area contributed by atoms with Crippen LogP contribution >= 0.6 is 0 Å². The second-order valence-electron chi connectivity index (χ2n) is 7.97. The fourth-order valence-electron chi connectivity index (χ4n) is 3.84. The van der Waals surface area contributed by atoms with Gasteiger partial charge in [0.2, 0.25) is 5.89 Å². The number of nitrogens with one attached hydrogen (secondary N) is 1. The van der Waals surface area contributed by atoms with E-state index in [9.17, 15) is 9.59 Å². The number of oxazole rings is 1. The second-order valence-corrected chi connectivity index (χ2v) is 7.97. The molecule has 3 aromatic carbocycles. The summed E-state index contributed by atoms with van der Waals surface area (Å²) in [6, 6.07) is 26.2. The summed E-state index contributed by atoms with van der Waals surface area (Å²) >= 11 is 0. The summed E-state index contributed by atoms with van der Waals surface area (Å²) in [5.74, 6) is 0.917. The molecule has 1 amide bonds. The monoisotopic (exact) mass is 450 g/mol. The smallest absolute Gasteiger partial charge is 0.276 e. The Morgan fingerprint density at radius 1 is 0.882 bits per heavy atom. The molecule has 5 rings (SSSR count).